The largest absolute Gasteiger partial charge is 0.489 e. The highest BCUT2D eigenvalue weighted by molar-refractivity contribution is 6.00. The predicted molar refractivity (Wildman–Crippen MR) is 157 cm³/mol. The number of carbonyl (C=O) groups is 2. The summed E-state index contributed by atoms with van der Waals surface area (Å²) in [7, 11) is 0. The van der Waals surface area contributed by atoms with E-state index in [0.717, 1.165) is 76.9 Å². The zero-order chi connectivity index (χ0) is 27.9. The van der Waals surface area contributed by atoms with E-state index in [1.807, 2.05) is 24.3 Å². The standard InChI is InChI=1S/C33H42O6/c1-4-7-10-13-25-16-17-28-29(20-25)31(22-37-24-33(35)39-19-9-6-3)27-15-12-11-14-26(27)30(28)21-36-23-32(34)38-18-8-5-2/h11-12,14-17,20-22H,4-10,13,18-19,23-24H2,1-3H3. The third kappa shape index (κ3) is 9.02. The van der Waals surface area contributed by atoms with Gasteiger partial charge in [0.1, 0.15) is 0 Å². The second-order valence-corrected chi connectivity index (χ2v) is 9.72. The van der Waals surface area contributed by atoms with Crippen molar-refractivity contribution in [2.45, 2.75) is 72.1 Å². The summed E-state index contributed by atoms with van der Waals surface area (Å²) in [4.78, 5) is 24.2. The van der Waals surface area contributed by atoms with Crippen LogP contribution >= 0.6 is 0 Å². The van der Waals surface area contributed by atoms with Crippen LogP contribution in [0.4, 0.5) is 0 Å². The minimum absolute atomic E-state index is 0.146. The molecule has 39 heavy (non-hydrogen) atoms. The number of rotatable bonds is 16. The molecule has 0 atom stereocenters. The van der Waals surface area contributed by atoms with Gasteiger partial charge in [0.15, 0.2) is 13.2 Å². The number of ether oxygens (including phenoxy) is 4. The molecule has 0 saturated carbocycles. The van der Waals surface area contributed by atoms with Crippen molar-refractivity contribution in [3.05, 3.63) is 58.5 Å². The first-order valence-corrected chi connectivity index (χ1v) is 14.3. The molecule has 0 aliphatic rings. The Hall–Kier alpha value is -3.54. The van der Waals surface area contributed by atoms with Gasteiger partial charge in [0, 0.05) is 10.4 Å². The van der Waals surface area contributed by atoms with E-state index in [0.29, 0.717) is 13.2 Å². The van der Waals surface area contributed by atoms with E-state index in [1.54, 1.807) is 12.5 Å². The van der Waals surface area contributed by atoms with Gasteiger partial charge in [0.25, 0.3) is 0 Å². The van der Waals surface area contributed by atoms with Gasteiger partial charge in [-0.05, 0) is 52.8 Å². The van der Waals surface area contributed by atoms with Crippen molar-refractivity contribution < 1.29 is 28.5 Å². The second-order valence-electron chi connectivity index (χ2n) is 9.72. The monoisotopic (exact) mass is 534 g/mol. The summed E-state index contributed by atoms with van der Waals surface area (Å²) in [6.45, 7) is 6.82. The number of esters is 2. The smallest absolute Gasteiger partial charge is 0.344 e. The minimum atomic E-state index is -0.379. The van der Waals surface area contributed by atoms with Gasteiger partial charge in [-0.2, -0.15) is 0 Å². The Bertz CT molecular complexity index is 1340. The Kier molecular flexibility index (Phi) is 12.6. The summed E-state index contributed by atoms with van der Waals surface area (Å²) in [6.07, 6.45) is 11.4. The molecule has 0 saturated heterocycles. The van der Waals surface area contributed by atoms with Crippen molar-refractivity contribution in [2.24, 2.45) is 0 Å². The molecule has 0 aliphatic carbocycles. The Labute approximate surface area is 231 Å². The number of carbonyl (C=O) groups excluding carboxylic acids is 2. The van der Waals surface area contributed by atoms with Crippen molar-refractivity contribution in [2.75, 3.05) is 26.4 Å². The SMILES string of the molecule is CCCCCc1ccc2c(=COCC(=O)OCCCC)c3ccccc3c(=COCC(=O)OCCCC)c2c1. The van der Waals surface area contributed by atoms with Crippen molar-refractivity contribution in [3.63, 3.8) is 0 Å². The third-order valence-corrected chi connectivity index (χ3v) is 6.57. The van der Waals surface area contributed by atoms with E-state index < -0.39 is 0 Å². The average molecular weight is 535 g/mol. The van der Waals surface area contributed by atoms with Crippen LogP contribution in [0.25, 0.3) is 34.1 Å². The molecule has 210 valence electrons. The molecule has 0 radical (unpaired) electrons. The molecule has 6 nitrogen and oxygen atoms in total. The van der Waals surface area contributed by atoms with Gasteiger partial charge in [-0.3, -0.25) is 0 Å². The van der Waals surface area contributed by atoms with Gasteiger partial charge in [0.05, 0.1) is 25.7 Å². The average Bonchev–Trinajstić information content (AvgIpc) is 2.94. The second kappa shape index (κ2) is 16.4. The van der Waals surface area contributed by atoms with Crippen LogP contribution in [-0.4, -0.2) is 38.4 Å². The van der Waals surface area contributed by atoms with Crippen LogP contribution in [0.3, 0.4) is 0 Å². The first-order chi connectivity index (χ1) is 19.1. The Morgan fingerprint density at radius 2 is 1.15 bits per heavy atom. The van der Waals surface area contributed by atoms with Crippen LogP contribution in [0.15, 0.2) is 42.5 Å². The molecule has 6 heteroatoms. The number of hydrogen-bond donors (Lipinski definition) is 0. The van der Waals surface area contributed by atoms with Gasteiger partial charge in [-0.15, -0.1) is 0 Å². The van der Waals surface area contributed by atoms with Crippen molar-refractivity contribution in [3.8, 4) is 0 Å². The molecule has 3 aromatic rings. The molecule has 0 unspecified atom stereocenters. The highest BCUT2D eigenvalue weighted by Gasteiger charge is 2.10. The lowest BCUT2D eigenvalue weighted by atomic mass is 9.95. The molecule has 0 bridgehead atoms. The van der Waals surface area contributed by atoms with E-state index in [2.05, 4.69) is 39.0 Å². The third-order valence-electron chi connectivity index (χ3n) is 6.57. The molecule has 3 rings (SSSR count). The predicted octanol–water partition coefficient (Wildman–Crippen LogP) is 5.92. The van der Waals surface area contributed by atoms with E-state index in [-0.39, 0.29) is 25.2 Å². The van der Waals surface area contributed by atoms with E-state index >= 15 is 0 Å². The van der Waals surface area contributed by atoms with Gasteiger partial charge < -0.3 is 18.9 Å². The zero-order valence-electron chi connectivity index (χ0n) is 23.6. The van der Waals surface area contributed by atoms with Crippen molar-refractivity contribution in [1.82, 2.24) is 0 Å². The Morgan fingerprint density at radius 3 is 1.69 bits per heavy atom. The fourth-order valence-corrected chi connectivity index (χ4v) is 4.41. The van der Waals surface area contributed by atoms with E-state index in [1.165, 1.54) is 12.0 Å². The van der Waals surface area contributed by atoms with Crippen LogP contribution in [0.1, 0.15) is 71.3 Å². The van der Waals surface area contributed by atoms with Gasteiger partial charge in [0.2, 0.25) is 0 Å². The summed E-state index contributed by atoms with van der Waals surface area (Å²) < 4.78 is 22.0. The van der Waals surface area contributed by atoms with Gasteiger partial charge >= 0.3 is 11.9 Å². The molecule has 0 heterocycles. The van der Waals surface area contributed by atoms with Crippen LogP contribution in [0.5, 0.6) is 0 Å². The topological polar surface area (TPSA) is 71.1 Å². The van der Waals surface area contributed by atoms with Crippen LogP contribution < -0.4 is 10.4 Å². The molecule has 0 aromatic heterocycles. The van der Waals surface area contributed by atoms with Crippen molar-refractivity contribution >= 4 is 46.0 Å². The minimum Gasteiger partial charge on any atom is -0.489 e. The maximum Gasteiger partial charge on any atom is 0.344 e. The maximum absolute atomic E-state index is 12.1. The number of hydrogen-bond acceptors (Lipinski definition) is 6. The number of unbranched alkanes of at least 4 members (excludes halogenated alkanes) is 4. The summed E-state index contributed by atoms with van der Waals surface area (Å²) in [5, 5.41) is 5.70. The molecule has 0 amide bonds. The number of fused-ring (bicyclic) bond motifs is 2. The molecule has 0 aliphatic heterocycles. The normalized spacial score (nSPS) is 12.2. The molecule has 3 aromatic carbocycles. The van der Waals surface area contributed by atoms with Gasteiger partial charge in [-0.1, -0.05) is 88.9 Å². The zero-order valence-corrected chi connectivity index (χ0v) is 23.6. The van der Waals surface area contributed by atoms with Crippen LogP contribution in [0.2, 0.25) is 0 Å². The van der Waals surface area contributed by atoms with Crippen LogP contribution in [-0.2, 0) is 35.0 Å². The summed E-state index contributed by atoms with van der Waals surface area (Å²) in [5.74, 6) is -0.756. The van der Waals surface area contributed by atoms with Gasteiger partial charge in [-0.25, -0.2) is 9.59 Å². The number of aryl methyl sites for hydroxylation is 1. The fourth-order valence-electron chi connectivity index (χ4n) is 4.41. The first kappa shape index (κ1) is 30.0. The lowest BCUT2D eigenvalue weighted by Gasteiger charge is -2.11. The molecule has 0 N–H and O–H groups in total. The summed E-state index contributed by atoms with van der Waals surface area (Å²) in [6, 6.07) is 14.5. The summed E-state index contributed by atoms with van der Waals surface area (Å²) in [5.41, 5.74) is 1.24. The first-order valence-electron chi connectivity index (χ1n) is 14.3. The quantitative estimate of drug-likeness (QED) is 0.129. The van der Waals surface area contributed by atoms with Crippen molar-refractivity contribution in [1.29, 1.82) is 0 Å². The van der Waals surface area contributed by atoms with Crippen LogP contribution in [0, 0.1) is 0 Å². The highest BCUT2D eigenvalue weighted by atomic mass is 16.6. The Morgan fingerprint density at radius 1 is 0.641 bits per heavy atom. The maximum atomic E-state index is 12.1. The summed E-state index contributed by atoms with van der Waals surface area (Å²) >= 11 is 0. The lowest BCUT2D eigenvalue weighted by molar-refractivity contribution is -0.147. The Balaban J connectivity index is 2.02. The fraction of sp³-hybridized carbons (Fsp3) is 0.455. The molecule has 0 fully saturated rings. The highest BCUT2D eigenvalue weighted by Crippen LogP contribution is 2.17. The number of benzene rings is 3. The molecular weight excluding hydrogens is 492 g/mol. The molecular formula is C33H42O6. The van der Waals surface area contributed by atoms with E-state index in [4.69, 9.17) is 18.9 Å². The van der Waals surface area contributed by atoms with E-state index in [9.17, 15) is 9.59 Å². The molecule has 0 spiro atoms. The lowest BCUT2D eigenvalue weighted by Crippen LogP contribution is -2.18.